The van der Waals surface area contributed by atoms with Crippen molar-refractivity contribution in [1.29, 1.82) is 0 Å². The Labute approximate surface area is 165 Å². The highest BCUT2D eigenvalue weighted by Crippen LogP contribution is 2.31. The lowest BCUT2D eigenvalue weighted by molar-refractivity contribution is 0.561. The number of aromatic nitrogens is 4. The first kappa shape index (κ1) is 18.3. The van der Waals surface area contributed by atoms with Gasteiger partial charge in [-0.2, -0.15) is 0 Å². The van der Waals surface area contributed by atoms with E-state index in [0.29, 0.717) is 16.8 Å². The second kappa shape index (κ2) is 7.48. The van der Waals surface area contributed by atoms with Gasteiger partial charge in [0.05, 0.1) is 11.1 Å². The normalized spacial score (nSPS) is 12.9. The van der Waals surface area contributed by atoms with Gasteiger partial charge in [0.15, 0.2) is 5.16 Å². The van der Waals surface area contributed by atoms with Gasteiger partial charge in [0, 0.05) is 23.0 Å². The number of thiophene rings is 1. The molecule has 0 radical (unpaired) electrons. The largest absolute Gasteiger partial charge is 0.307 e. The first-order valence-electron chi connectivity index (χ1n) is 9.13. The van der Waals surface area contributed by atoms with Crippen LogP contribution >= 0.6 is 23.1 Å². The molecule has 0 saturated carbocycles. The molecule has 4 aromatic heterocycles. The van der Waals surface area contributed by atoms with E-state index in [1.165, 1.54) is 16.6 Å². The molecule has 0 aromatic carbocycles. The van der Waals surface area contributed by atoms with Crippen molar-refractivity contribution in [3.05, 3.63) is 57.1 Å². The molecule has 4 aromatic rings. The molecule has 1 unspecified atom stereocenters. The van der Waals surface area contributed by atoms with Gasteiger partial charge in [0.1, 0.15) is 10.5 Å². The highest BCUT2D eigenvalue weighted by Gasteiger charge is 2.17. The van der Waals surface area contributed by atoms with Crippen molar-refractivity contribution in [2.24, 2.45) is 5.92 Å². The fourth-order valence-corrected chi connectivity index (χ4v) is 5.02. The second-order valence-electron chi connectivity index (χ2n) is 6.89. The summed E-state index contributed by atoms with van der Waals surface area (Å²) in [7, 11) is 0. The van der Waals surface area contributed by atoms with Crippen LogP contribution in [0.1, 0.15) is 36.4 Å². The molecule has 27 heavy (non-hydrogen) atoms. The molecule has 5 nitrogen and oxygen atoms in total. The zero-order valence-corrected chi connectivity index (χ0v) is 17.3. The van der Waals surface area contributed by atoms with Crippen LogP contribution in [-0.4, -0.2) is 19.4 Å². The molecule has 0 amide bonds. The van der Waals surface area contributed by atoms with Crippen LogP contribution in [0.25, 0.3) is 15.9 Å². The van der Waals surface area contributed by atoms with Crippen LogP contribution in [0.15, 0.2) is 40.5 Å². The van der Waals surface area contributed by atoms with E-state index in [1.807, 2.05) is 35.0 Å². The van der Waals surface area contributed by atoms with E-state index in [1.54, 1.807) is 11.3 Å². The van der Waals surface area contributed by atoms with Gasteiger partial charge >= 0.3 is 0 Å². The molecule has 140 valence electrons. The number of hydrogen-bond acceptors (Lipinski definition) is 5. The zero-order valence-electron chi connectivity index (χ0n) is 15.7. The van der Waals surface area contributed by atoms with Crippen LogP contribution in [0.4, 0.5) is 0 Å². The number of hydrogen-bond donors (Lipinski definition) is 1. The van der Waals surface area contributed by atoms with Crippen molar-refractivity contribution in [2.75, 3.05) is 0 Å². The fraction of sp³-hybridized carbons (Fsp3) is 0.350. The van der Waals surface area contributed by atoms with Gasteiger partial charge in [0.2, 0.25) is 0 Å². The van der Waals surface area contributed by atoms with Gasteiger partial charge in [0.25, 0.3) is 5.56 Å². The smallest absolute Gasteiger partial charge is 0.260 e. The van der Waals surface area contributed by atoms with Crippen molar-refractivity contribution in [3.63, 3.8) is 0 Å². The number of nitrogens with one attached hydrogen (secondary N) is 1. The lowest BCUT2D eigenvalue weighted by Gasteiger charge is -2.08. The predicted molar refractivity (Wildman–Crippen MR) is 113 cm³/mol. The van der Waals surface area contributed by atoms with Gasteiger partial charge in [-0.05, 0) is 37.0 Å². The minimum absolute atomic E-state index is 0.0276. The number of fused-ring (bicyclic) bond motifs is 2. The van der Waals surface area contributed by atoms with E-state index in [4.69, 9.17) is 4.98 Å². The maximum absolute atomic E-state index is 12.7. The van der Waals surface area contributed by atoms with Crippen LogP contribution in [0.5, 0.6) is 0 Å². The zero-order chi connectivity index (χ0) is 19.0. The molecule has 0 aliphatic rings. The molecule has 1 atom stereocenters. The average Bonchev–Trinajstić information content (AvgIpc) is 3.20. The minimum atomic E-state index is -0.0276. The van der Waals surface area contributed by atoms with Crippen molar-refractivity contribution in [2.45, 2.75) is 44.5 Å². The summed E-state index contributed by atoms with van der Waals surface area (Å²) >= 11 is 3.14. The Morgan fingerprint density at radius 1 is 1.33 bits per heavy atom. The summed E-state index contributed by atoms with van der Waals surface area (Å²) in [5, 5.41) is 1.43. The maximum Gasteiger partial charge on any atom is 0.260 e. The summed E-state index contributed by atoms with van der Waals surface area (Å²) in [6.07, 6.45) is 6.03. The first-order chi connectivity index (χ1) is 13.0. The van der Waals surface area contributed by atoms with E-state index < -0.39 is 0 Å². The third kappa shape index (κ3) is 3.66. The molecule has 1 N–H and O–H groups in total. The molecule has 0 aliphatic heterocycles. The van der Waals surface area contributed by atoms with E-state index >= 15 is 0 Å². The van der Waals surface area contributed by atoms with Crippen molar-refractivity contribution in [1.82, 2.24) is 19.4 Å². The number of H-pyrrole nitrogens is 1. The Hall–Kier alpha value is -2.12. The predicted octanol–water partition coefficient (Wildman–Crippen LogP) is 4.82. The summed E-state index contributed by atoms with van der Waals surface area (Å²) in [6.45, 7) is 6.50. The summed E-state index contributed by atoms with van der Waals surface area (Å²) < 4.78 is 2.00. The van der Waals surface area contributed by atoms with E-state index in [9.17, 15) is 4.79 Å². The quantitative estimate of drug-likeness (QED) is 0.373. The third-order valence-corrected chi connectivity index (χ3v) is 6.81. The second-order valence-corrected chi connectivity index (χ2v) is 9.06. The number of rotatable bonds is 6. The van der Waals surface area contributed by atoms with Gasteiger partial charge in [-0.15, -0.1) is 11.3 Å². The Morgan fingerprint density at radius 2 is 2.19 bits per heavy atom. The van der Waals surface area contributed by atoms with Gasteiger partial charge in [-0.3, -0.25) is 4.79 Å². The number of thioether (sulfide) groups is 1. The van der Waals surface area contributed by atoms with Gasteiger partial charge in [-0.25, -0.2) is 9.97 Å². The Balaban J connectivity index is 1.60. The SMILES string of the molecule is CCC(C)Cc1c(C)sc2nc(SCc3cn4ccccc4n3)[nH]c(=O)c12. The summed E-state index contributed by atoms with van der Waals surface area (Å²) in [5.74, 6) is 1.23. The molecule has 0 spiro atoms. The summed E-state index contributed by atoms with van der Waals surface area (Å²) in [5.41, 5.74) is 3.03. The third-order valence-electron chi connectivity index (χ3n) is 4.86. The van der Waals surface area contributed by atoms with Gasteiger partial charge < -0.3 is 9.38 Å². The molecule has 0 fully saturated rings. The van der Waals surface area contributed by atoms with E-state index in [-0.39, 0.29) is 5.56 Å². The molecule has 4 rings (SSSR count). The highest BCUT2D eigenvalue weighted by molar-refractivity contribution is 7.98. The van der Waals surface area contributed by atoms with Crippen LogP contribution in [0.2, 0.25) is 0 Å². The van der Waals surface area contributed by atoms with Crippen LogP contribution in [-0.2, 0) is 12.2 Å². The number of imidazole rings is 1. The topological polar surface area (TPSA) is 63.1 Å². The molecule has 4 heterocycles. The van der Waals surface area contributed by atoms with Crippen LogP contribution < -0.4 is 5.56 Å². The summed E-state index contributed by atoms with van der Waals surface area (Å²) in [6, 6.07) is 5.94. The Bertz CT molecular complexity index is 1120. The van der Waals surface area contributed by atoms with Crippen molar-refractivity contribution >= 4 is 39.0 Å². The van der Waals surface area contributed by atoms with E-state index in [0.717, 1.165) is 40.0 Å². The standard InChI is InChI=1S/C20H22N4OS2/c1-4-12(2)9-15-13(3)27-19-17(15)18(25)22-20(23-19)26-11-14-10-24-8-6-5-7-16(24)21-14/h5-8,10,12H,4,9,11H2,1-3H3,(H,22,23,25). The molecular weight excluding hydrogens is 376 g/mol. The Kier molecular flexibility index (Phi) is 5.06. The summed E-state index contributed by atoms with van der Waals surface area (Å²) in [4.78, 5) is 27.0. The Morgan fingerprint density at radius 3 is 2.96 bits per heavy atom. The molecule has 0 saturated heterocycles. The van der Waals surface area contributed by atoms with Gasteiger partial charge in [-0.1, -0.05) is 38.1 Å². The van der Waals surface area contributed by atoms with Crippen molar-refractivity contribution < 1.29 is 0 Å². The molecule has 7 heteroatoms. The highest BCUT2D eigenvalue weighted by atomic mass is 32.2. The van der Waals surface area contributed by atoms with Crippen LogP contribution in [0.3, 0.4) is 0 Å². The monoisotopic (exact) mass is 398 g/mol. The molecule has 0 bridgehead atoms. The molecular formula is C20H22N4OS2. The lowest BCUT2D eigenvalue weighted by Crippen LogP contribution is -2.11. The van der Waals surface area contributed by atoms with Crippen LogP contribution in [0, 0.1) is 12.8 Å². The average molecular weight is 399 g/mol. The van der Waals surface area contributed by atoms with E-state index in [2.05, 4.69) is 30.7 Å². The lowest BCUT2D eigenvalue weighted by atomic mass is 9.98. The number of pyridine rings is 1. The molecule has 0 aliphatic carbocycles. The minimum Gasteiger partial charge on any atom is -0.307 e. The number of nitrogens with zero attached hydrogens (tertiary/aromatic N) is 3. The van der Waals surface area contributed by atoms with Crippen molar-refractivity contribution in [3.8, 4) is 0 Å². The maximum atomic E-state index is 12.7. The first-order valence-corrected chi connectivity index (χ1v) is 10.9. The number of aromatic amines is 1. The number of aryl methyl sites for hydroxylation is 1. The fourth-order valence-electron chi connectivity index (χ4n) is 3.16.